The van der Waals surface area contributed by atoms with E-state index in [4.69, 9.17) is 10.5 Å². The van der Waals surface area contributed by atoms with Crippen molar-refractivity contribution < 1.29 is 4.74 Å². The molecule has 1 aliphatic rings. The zero-order valence-electron chi connectivity index (χ0n) is 16.9. The summed E-state index contributed by atoms with van der Waals surface area (Å²) in [6, 6.07) is 5.52. The molecule has 3 N–H and O–H groups in total. The van der Waals surface area contributed by atoms with E-state index < -0.39 is 0 Å². The molecule has 3 aromatic rings. The number of hydrogen-bond donors (Lipinski definition) is 2. The molecule has 4 rings (SSSR count). The third-order valence-corrected chi connectivity index (χ3v) is 5.05. The van der Waals surface area contributed by atoms with Gasteiger partial charge in [0.05, 0.1) is 23.6 Å². The Balaban J connectivity index is 1.83. The van der Waals surface area contributed by atoms with Gasteiger partial charge in [0, 0.05) is 20.1 Å². The van der Waals surface area contributed by atoms with Crippen molar-refractivity contribution in [3.05, 3.63) is 34.2 Å². The second-order valence-electron chi connectivity index (χ2n) is 7.10. The summed E-state index contributed by atoms with van der Waals surface area (Å²) < 4.78 is 7.31. The van der Waals surface area contributed by atoms with Crippen molar-refractivity contribution >= 4 is 22.7 Å². The smallest absolute Gasteiger partial charge is 0.277 e. The molecular formula is C20H25N7O2. The van der Waals surface area contributed by atoms with Crippen molar-refractivity contribution in [2.45, 2.75) is 26.7 Å². The lowest BCUT2D eigenvalue weighted by Gasteiger charge is -2.16. The van der Waals surface area contributed by atoms with E-state index >= 15 is 0 Å². The third-order valence-electron chi connectivity index (χ3n) is 5.05. The second-order valence-corrected chi connectivity index (χ2v) is 7.10. The van der Waals surface area contributed by atoms with Crippen molar-refractivity contribution in [3.8, 4) is 17.1 Å². The topological polar surface area (TPSA) is 114 Å². The number of H-pyrrole nitrogens is 1. The number of fused-ring (bicyclic) bond motifs is 1. The number of hydrogen-bond acceptors (Lipinski definition) is 5. The molecule has 0 spiro atoms. The normalized spacial score (nSPS) is 14.7. The number of aliphatic imine (C=N–C) groups is 1. The van der Waals surface area contributed by atoms with Crippen LogP contribution < -0.4 is 16.0 Å². The molecule has 1 saturated heterocycles. The van der Waals surface area contributed by atoms with Gasteiger partial charge in [0.1, 0.15) is 17.1 Å². The maximum absolute atomic E-state index is 12.7. The van der Waals surface area contributed by atoms with E-state index in [0.29, 0.717) is 52.1 Å². The molecule has 0 radical (unpaired) electrons. The lowest BCUT2D eigenvalue weighted by molar-refractivity contribution is 0.341. The minimum absolute atomic E-state index is 0.249. The van der Waals surface area contributed by atoms with Crippen molar-refractivity contribution in [2.24, 2.45) is 17.8 Å². The van der Waals surface area contributed by atoms with E-state index in [0.717, 1.165) is 25.9 Å². The van der Waals surface area contributed by atoms with Crippen LogP contribution in [0.15, 0.2) is 28.0 Å². The summed E-state index contributed by atoms with van der Waals surface area (Å²) in [5.41, 5.74) is 8.97. The van der Waals surface area contributed by atoms with Crippen LogP contribution in [0.25, 0.3) is 22.4 Å². The lowest BCUT2D eigenvalue weighted by Crippen LogP contribution is -2.34. The number of nitrogens with zero attached hydrogens (tertiary/aromatic N) is 5. The quantitative estimate of drug-likeness (QED) is 0.516. The fourth-order valence-electron chi connectivity index (χ4n) is 3.67. The number of aromatic amines is 1. The number of likely N-dealkylation sites (tertiary alicyclic amines) is 1. The summed E-state index contributed by atoms with van der Waals surface area (Å²) in [4.78, 5) is 26.8. The maximum Gasteiger partial charge on any atom is 0.277 e. The molecule has 9 nitrogen and oxygen atoms in total. The molecule has 152 valence electrons. The maximum atomic E-state index is 12.7. The number of guanidine groups is 1. The summed E-state index contributed by atoms with van der Waals surface area (Å²) in [5, 5.41) is 4.30. The first-order valence-electron chi connectivity index (χ1n) is 9.78. The van der Waals surface area contributed by atoms with Crippen molar-refractivity contribution in [1.82, 2.24) is 24.6 Å². The largest absolute Gasteiger partial charge is 0.493 e. The molecule has 29 heavy (non-hydrogen) atoms. The molecule has 1 fully saturated rings. The van der Waals surface area contributed by atoms with Gasteiger partial charge in [0.25, 0.3) is 5.56 Å². The molecule has 0 unspecified atom stereocenters. The molecule has 1 aromatic carbocycles. The molecule has 3 heterocycles. The number of rotatable bonds is 4. The summed E-state index contributed by atoms with van der Waals surface area (Å²) in [5.74, 6) is 1.53. The van der Waals surface area contributed by atoms with Crippen molar-refractivity contribution in [2.75, 3.05) is 19.7 Å². The van der Waals surface area contributed by atoms with Crippen molar-refractivity contribution in [3.63, 3.8) is 0 Å². The number of nitrogens with one attached hydrogen (secondary N) is 1. The SMILES string of the molecule is CCOc1ccc(N=C(N)N2CCCC2)cc1-c1nc2c(C)nn(C)c2c(=O)[nH]1. The zero-order valence-corrected chi connectivity index (χ0v) is 16.9. The molecule has 0 saturated carbocycles. The molecule has 0 aliphatic carbocycles. The highest BCUT2D eigenvalue weighted by atomic mass is 16.5. The van der Waals surface area contributed by atoms with Crippen LogP contribution in [-0.4, -0.2) is 50.3 Å². The molecular weight excluding hydrogens is 370 g/mol. The first-order chi connectivity index (χ1) is 14.0. The minimum atomic E-state index is -0.249. The first kappa shape index (κ1) is 19.0. The van der Waals surface area contributed by atoms with Gasteiger partial charge >= 0.3 is 0 Å². The molecule has 9 heteroatoms. The molecule has 1 aliphatic heterocycles. The first-order valence-corrected chi connectivity index (χ1v) is 9.78. The average molecular weight is 395 g/mol. The minimum Gasteiger partial charge on any atom is -0.493 e. The molecule has 0 atom stereocenters. The number of aryl methyl sites for hydroxylation is 2. The predicted molar refractivity (Wildman–Crippen MR) is 113 cm³/mol. The molecule has 0 bridgehead atoms. The second kappa shape index (κ2) is 7.57. The van der Waals surface area contributed by atoms with Gasteiger partial charge in [-0.3, -0.25) is 9.48 Å². The highest BCUT2D eigenvalue weighted by Gasteiger charge is 2.17. The van der Waals surface area contributed by atoms with E-state index in [1.165, 1.54) is 0 Å². The van der Waals surface area contributed by atoms with E-state index in [9.17, 15) is 4.79 Å². The number of aromatic nitrogens is 4. The fourth-order valence-corrected chi connectivity index (χ4v) is 3.67. The van der Waals surface area contributed by atoms with Gasteiger partial charge in [0.15, 0.2) is 11.5 Å². The van der Waals surface area contributed by atoms with E-state index in [-0.39, 0.29) is 5.56 Å². The Morgan fingerprint density at radius 1 is 1.34 bits per heavy atom. The summed E-state index contributed by atoms with van der Waals surface area (Å²) in [6.45, 7) is 6.07. The highest BCUT2D eigenvalue weighted by molar-refractivity contribution is 5.83. The van der Waals surface area contributed by atoms with Crippen molar-refractivity contribution in [1.29, 1.82) is 0 Å². The number of ether oxygens (including phenoxy) is 1. The van der Waals surface area contributed by atoms with E-state index in [1.807, 2.05) is 32.0 Å². The van der Waals surface area contributed by atoms with Crippen LogP contribution >= 0.6 is 0 Å². The monoisotopic (exact) mass is 395 g/mol. The summed E-state index contributed by atoms with van der Waals surface area (Å²) in [7, 11) is 1.73. The van der Waals surface area contributed by atoms with Crippen LogP contribution in [0.4, 0.5) is 5.69 Å². The Labute approximate surface area is 168 Å². The van der Waals surface area contributed by atoms with Gasteiger partial charge in [-0.25, -0.2) is 9.98 Å². The van der Waals surface area contributed by atoms with Gasteiger partial charge in [-0.05, 0) is 44.9 Å². The fraction of sp³-hybridized carbons (Fsp3) is 0.400. The Kier molecular flexibility index (Phi) is 4.96. The van der Waals surface area contributed by atoms with Gasteiger partial charge < -0.3 is 20.4 Å². The lowest BCUT2D eigenvalue weighted by atomic mass is 10.1. The van der Waals surface area contributed by atoms with E-state index in [2.05, 4.69) is 25.0 Å². The molecule has 2 aromatic heterocycles. The third kappa shape index (κ3) is 3.55. The van der Waals surface area contributed by atoms with Crippen LogP contribution in [-0.2, 0) is 7.05 Å². The van der Waals surface area contributed by atoms with Crippen LogP contribution in [0.1, 0.15) is 25.5 Å². The Hall–Kier alpha value is -3.36. The number of nitrogens with two attached hydrogens (primary N) is 1. The Morgan fingerprint density at radius 3 is 2.83 bits per heavy atom. The highest BCUT2D eigenvalue weighted by Crippen LogP contribution is 2.32. The van der Waals surface area contributed by atoms with Crippen LogP contribution in [0.2, 0.25) is 0 Å². The average Bonchev–Trinajstić information content (AvgIpc) is 3.32. The Bertz CT molecular complexity index is 1140. The van der Waals surface area contributed by atoms with Crippen LogP contribution in [0.3, 0.4) is 0 Å². The van der Waals surface area contributed by atoms with Gasteiger partial charge in [-0.2, -0.15) is 5.10 Å². The van der Waals surface area contributed by atoms with E-state index in [1.54, 1.807) is 11.7 Å². The van der Waals surface area contributed by atoms with Crippen LogP contribution in [0, 0.1) is 6.92 Å². The van der Waals surface area contributed by atoms with Gasteiger partial charge in [-0.1, -0.05) is 0 Å². The summed E-state index contributed by atoms with van der Waals surface area (Å²) in [6.07, 6.45) is 2.25. The van der Waals surface area contributed by atoms with Crippen LogP contribution in [0.5, 0.6) is 5.75 Å². The Morgan fingerprint density at radius 2 is 2.10 bits per heavy atom. The summed E-state index contributed by atoms with van der Waals surface area (Å²) >= 11 is 0. The van der Waals surface area contributed by atoms with Gasteiger partial charge in [-0.15, -0.1) is 0 Å². The molecule has 0 amide bonds. The number of benzene rings is 1. The zero-order chi connectivity index (χ0) is 20.5. The predicted octanol–water partition coefficient (Wildman–Crippen LogP) is 2.07. The standard InChI is InChI=1S/C20H25N7O2/c1-4-29-15-8-7-13(22-20(21)27-9-5-6-10-27)11-14(15)18-23-16-12(2)25-26(3)17(16)19(28)24-18/h7-8,11H,4-6,9-10H2,1-3H3,(H2,21,22)(H,23,24,28). The van der Waals surface area contributed by atoms with Gasteiger partial charge in [0.2, 0.25) is 0 Å².